The van der Waals surface area contributed by atoms with Gasteiger partial charge in [-0.3, -0.25) is 14.0 Å². The molecule has 0 unspecified atom stereocenters. The molecule has 0 radical (unpaired) electrons. The molecule has 0 bridgehead atoms. The summed E-state index contributed by atoms with van der Waals surface area (Å²) in [6.45, 7) is 1.94. The van der Waals surface area contributed by atoms with Crippen molar-refractivity contribution in [1.82, 2.24) is 9.38 Å². The molecule has 29 heavy (non-hydrogen) atoms. The van der Waals surface area contributed by atoms with Gasteiger partial charge in [-0.2, -0.15) is 13.2 Å². The molecule has 152 valence electrons. The third-order valence-corrected chi connectivity index (χ3v) is 4.39. The predicted octanol–water partition coefficient (Wildman–Crippen LogP) is 5.27. The Hall–Kier alpha value is -3.16. The Morgan fingerprint density at radius 1 is 1.14 bits per heavy atom. The zero-order chi connectivity index (χ0) is 21.0. The second kappa shape index (κ2) is 8.46. The molecular formula is C21H20F3N3O2. The normalized spacial score (nSPS) is 11.6. The summed E-state index contributed by atoms with van der Waals surface area (Å²) in [6, 6.07) is 10.3. The first-order chi connectivity index (χ1) is 13.8. The number of pyridine rings is 1. The van der Waals surface area contributed by atoms with Gasteiger partial charge in [-0.15, -0.1) is 0 Å². The maximum atomic E-state index is 12.3. The van der Waals surface area contributed by atoms with E-state index in [1.165, 1.54) is 0 Å². The number of ketones is 1. The third-order valence-electron chi connectivity index (χ3n) is 4.39. The van der Waals surface area contributed by atoms with Crippen LogP contribution in [0, 0.1) is 0 Å². The van der Waals surface area contributed by atoms with Crippen molar-refractivity contribution in [2.45, 2.75) is 38.8 Å². The van der Waals surface area contributed by atoms with Crippen LogP contribution in [0.2, 0.25) is 0 Å². The third kappa shape index (κ3) is 5.22. The second-order valence-corrected chi connectivity index (χ2v) is 6.70. The number of imidazole rings is 1. The van der Waals surface area contributed by atoms with Crippen molar-refractivity contribution < 1.29 is 22.8 Å². The first-order valence-electron chi connectivity index (χ1n) is 9.24. The highest BCUT2D eigenvalue weighted by Gasteiger charge is 2.27. The number of benzene rings is 1. The van der Waals surface area contributed by atoms with Crippen LogP contribution in [-0.2, 0) is 4.79 Å². The number of alkyl halides is 3. The topological polar surface area (TPSA) is 63.5 Å². The number of rotatable bonds is 7. The molecule has 0 aliphatic rings. The van der Waals surface area contributed by atoms with Crippen LogP contribution in [0.3, 0.4) is 0 Å². The predicted molar refractivity (Wildman–Crippen MR) is 104 cm³/mol. The van der Waals surface area contributed by atoms with Gasteiger partial charge in [-0.1, -0.05) is 19.1 Å². The summed E-state index contributed by atoms with van der Waals surface area (Å²) in [5, 5.41) is 2.49. The van der Waals surface area contributed by atoms with Crippen molar-refractivity contribution in [2.75, 3.05) is 5.32 Å². The number of anilines is 1. The molecule has 2 heterocycles. The average Bonchev–Trinajstić information content (AvgIpc) is 3.09. The Morgan fingerprint density at radius 3 is 2.66 bits per heavy atom. The van der Waals surface area contributed by atoms with Crippen molar-refractivity contribution in [3.05, 3.63) is 54.4 Å². The van der Waals surface area contributed by atoms with Gasteiger partial charge in [0.15, 0.2) is 5.78 Å². The minimum absolute atomic E-state index is 0.0584. The van der Waals surface area contributed by atoms with Gasteiger partial charge in [0, 0.05) is 35.9 Å². The monoisotopic (exact) mass is 403 g/mol. The van der Waals surface area contributed by atoms with Gasteiger partial charge < -0.3 is 5.32 Å². The maximum absolute atomic E-state index is 12.3. The van der Waals surface area contributed by atoms with E-state index in [0.29, 0.717) is 23.3 Å². The van der Waals surface area contributed by atoms with Crippen LogP contribution >= 0.6 is 0 Å². The molecule has 0 aliphatic carbocycles. The number of aromatic nitrogens is 2. The molecule has 3 aromatic rings. The summed E-state index contributed by atoms with van der Waals surface area (Å²) in [5.41, 5.74) is 3.09. The fraction of sp³-hybridized carbons (Fsp3) is 0.286. The summed E-state index contributed by atoms with van der Waals surface area (Å²) in [4.78, 5) is 28.2. The molecular weight excluding hydrogens is 383 g/mol. The molecule has 5 nitrogen and oxygen atoms in total. The van der Waals surface area contributed by atoms with E-state index in [0.717, 1.165) is 17.7 Å². The molecule has 1 amide bonds. The van der Waals surface area contributed by atoms with E-state index in [1.54, 1.807) is 42.7 Å². The van der Waals surface area contributed by atoms with Crippen LogP contribution < -0.4 is 5.32 Å². The van der Waals surface area contributed by atoms with E-state index in [9.17, 15) is 22.8 Å². The second-order valence-electron chi connectivity index (χ2n) is 6.70. The van der Waals surface area contributed by atoms with E-state index in [4.69, 9.17) is 0 Å². The summed E-state index contributed by atoms with van der Waals surface area (Å²) in [5.74, 6) is -0.639. The first kappa shape index (κ1) is 20.6. The number of Topliss-reactive ketones (excluding diaryl/α,β-unsaturated/α-hetero) is 1. The smallest absolute Gasteiger partial charge is 0.326 e. The average molecular weight is 403 g/mol. The van der Waals surface area contributed by atoms with Crippen LogP contribution in [-0.4, -0.2) is 27.3 Å². The molecule has 0 atom stereocenters. The number of hydrogen-bond donors (Lipinski definition) is 1. The fourth-order valence-corrected chi connectivity index (χ4v) is 2.97. The Morgan fingerprint density at radius 2 is 1.93 bits per heavy atom. The Bertz CT molecular complexity index is 1040. The number of halogens is 3. The van der Waals surface area contributed by atoms with Gasteiger partial charge in [0.25, 0.3) is 0 Å². The molecule has 0 aliphatic heterocycles. The molecule has 1 N–H and O–H groups in total. The van der Waals surface area contributed by atoms with Crippen LogP contribution in [0.15, 0.2) is 48.8 Å². The molecule has 0 spiro atoms. The summed E-state index contributed by atoms with van der Waals surface area (Å²) < 4.78 is 38.6. The molecule has 3 rings (SSSR count). The summed E-state index contributed by atoms with van der Waals surface area (Å²) in [7, 11) is 0. The minimum atomic E-state index is -4.37. The van der Waals surface area contributed by atoms with E-state index in [1.807, 2.05) is 17.4 Å². The van der Waals surface area contributed by atoms with Crippen LogP contribution in [0.5, 0.6) is 0 Å². The summed E-state index contributed by atoms with van der Waals surface area (Å²) >= 11 is 0. The zero-order valence-corrected chi connectivity index (χ0v) is 15.8. The number of nitrogens with one attached hydrogen (secondary N) is 1. The number of fused-ring (bicyclic) bond motifs is 1. The highest BCUT2D eigenvalue weighted by Crippen LogP contribution is 2.25. The molecule has 0 saturated carbocycles. The van der Waals surface area contributed by atoms with Gasteiger partial charge in [-0.25, -0.2) is 4.98 Å². The maximum Gasteiger partial charge on any atom is 0.389 e. The van der Waals surface area contributed by atoms with Crippen molar-refractivity contribution in [3.63, 3.8) is 0 Å². The quantitative estimate of drug-likeness (QED) is 0.547. The molecule has 0 fully saturated rings. The molecule has 0 saturated heterocycles. The van der Waals surface area contributed by atoms with Gasteiger partial charge in [0.2, 0.25) is 5.91 Å². The fourth-order valence-electron chi connectivity index (χ4n) is 2.97. The summed E-state index contributed by atoms with van der Waals surface area (Å²) in [6.07, 6.45) is -1.51. The molecule has 2 aromatic heterocycles. The van der Waals surface area contributed by atoms with Crippen LogP contribution in [0.25, 0.3) is 16.9 Å². The SMILES string of the molecule is CCCC(=O)c1ccn2c(-c3cccc(NC(=O)CCC(F)(F)F)c3)cnc2c1. The number of carbonyl (C=O) groups excluding carboxylic acids is 2. The number of hydrogen-bond acceptors (Lipinski definition) is 3. The lowest BCUT2D eigenvalue weighted by molar-refractivity contribution is -0.142. The van der Waals surface area contributed by atoms with Gasteiger partial charge in [-0.05, 0) is 30.7 Å². The van der Waals surface area contributed by atoms with E-state index >= 15 is 0 Å². The number of nitrogens with zero attached hydrogens (tertiary/aromatic N) is 2. The van der Waals surface area contributed by atoms with Gasteiger partial charge in [0.05, 0.1) is 18.3 Å². The van der Waals surface area contributed by atoms with Gasteiger partial charge in [0.1, 0.15) is 5.65 Å². The zero-order valence-electron chi connectivity index (χ0n) is 15.8. The van der Waals surface area contributed by atoms with E-state index < -0.39 is 24.9 Å². The number of amides is 1. The van der Waals surface area contributed by atoms with Gasteiger partial charge >= 0.3 is 6.18 Å². The van der Waals surface area contributed by atoms with Crippen molar-refractivity contribution in [3.8, 4) is 11.3 Å². The van der Waals surface area contributed by atoms with E-state index in [2.05, 4.69) is 10.3 Å². The lowest BCUT2D eigenvalue weighted by Gasteiger charge is -2.09. The van der Waals surface area contributed by atoms with Crippen LogP contribution in [0.4, 0.5) is 18.9 Å². The van der Waals surface area contributed by atoms with Crippen molar-refractivity contribution >= 4 is 23.0 Å². The first-order valence-corrected chi connectivity index (χ1v) is 9.24. The van der Waals surface area contributed by atoms with E-state index in [-0.39, 0.29) is 5.78 Å². The Labute approximate surface area is 165 Å². The molecule has 1 aromatic carbocycles. The highest BCUT2D eigenvalue weighted by molar-refractivity contribution is 5.97. The lowest BCUT2D eigenvalue weighted by atomic mass is 10.1. The lowest BCUT2D eigenvalue weighted by Crippen LogP contribution is -2.16. The minimum Gasteiger partial charge on any atom is -0.326 e. The molecule has 8 heteroatoms. The highest BCUT2D eigenvalue weighted by atomic mass is 19.4. The number of carbonyl (C=O) groups is 2. The Balaban J connectivity index is 1.80. The standard InChI is InChI=1S/C21H20F3N3O2/c1-2-4-18(28)15-8-10-27-17(13-25-19(27)12-15)14-5-3-6-16(11-14)26-20(29)7-9-21(22,23)24/h3,5-6,8,10-13H,2,4,7,9H2,1H3,(H,26,29). The Kier molecular flexibility index (Phi) is 6.00. The van der Waals surface area contributed by atoms with Crippen molar-refractivity contribution in [1.29, 1.82) is 0 Å². The largest absolute Gasteiger partial charge is 0.389 e. The van der Waals surface area contributed by atoms with Crippen molar-refractivity contribution in [2.24, 2.45) is 0 Å². The van der Waals surface area contributed by atoms with Crippen LogP contribution in [0.1, 0.15) is 43.0 Å².